The van der Waals surface area contributed by atoms with E-state index in [1.54, 1.807) is 15.6 Å². The lowest BCUT2D eigenvalue weighted by atomic mass is 10.1. The highest BCUT2D eigenvalue weighted by Gasteiger charge is 2.26. The molecule has 114 valence electrons. The quantitative estimate of drug-likeness (QED) is 0.785. The molecule has 0 saturated heterocycles. The largest absolute Gasteiger partial charge is 0.315 e. The number of unbranched alkanes of at least 4 members (excludes halogenated alkanes) is 1. The standard InChI is InChI=1S/C14H24N2O2S2/c1-12(2)15-7-3-4-10-20(17,18)16-8-5-14-13(11-16)6-9-19-14/h6,9,12,15H,3-5,7-8,10-11H2,1-2H3. The molecule has 0 saturated carbocycles. The predicted molar refractivity (Wildman–Crippen MR) is 84.6 cm³/mol. The van der Waals surface area contributed by atoms with Crippen LogP contribution in [-0.2, 0) is 23.0 Å². The average Bonchev–Trinajstić information content (AvgIpc) is 2.85. The molecule has 1 aliphatic rings. The minimum absolute atomic E-state index is 0.270. The van der Waals surface area contributed by atoms with E-state index in [2.05, 4.69) is 24.5 Å². The Labute approximate surface area is 126 Å². The van der Waals surface area contributed by atoms with Crippen molar-refractivity contribution in [3.8, 4) is 0 Å². The molecule has 1 N–H and O–H groups in total. The van der Waals surface area contributed by atoms with Gasteiger partial charge in [-0.15, -0.1) is 11.3 Å². The monoisotopic (exact) mass is 316 g/mol. The van der Waals surface area contributed by atoms with E-state index in [4.69, 9.17) is 0 Å². The summed E-state index contributed by atoms with van der Waals surface area (Å²) in [6.07, 6.45) is 2.51. The lowest BCUT2D eigenvalue weighted by molar-refractivity contribution is 0.393. The van der Waals surface area contributed by atoms with Crippen molar-refractivity contribution in [1.82, 2.24) is 9.62 Å². The first-order valence-corrected chi connectivity index (χ1v) is 9.74. The summed E-state index contributed by atoms with van der Waals surface area (Å²) >= 11 is 1.74. The topological polar surface area (TPSA) is 49.4 Å². The van der Waals surface area contributed by atoms with E-state index >= 15 is 0 Å². The minimum atomic E-state index is -3.09. The van der Waals surface area contributed by atoms with Gasteiger partial charge in [0.15, 0.2) is 0 Å². The molecule has 0 bridgehead atoms. The summed E-state index contributed by atoms with van der Waals surface area (Å²) in [7, 11) is -3.09. The molecule has 0 amide bonds. The van der Waals surface area contributed by atoms with Crippen LogP contribution in [0.5, 0.6) is 0 Å². The number of thiophene rings is 1. The van der Waals surface area contributed by atoms with Gasteiger partial charge in [0.05, 0.1) is 5.75 Å². The highest BCUT2D eigenvalue weighted by atomic mass is 32.2. The molecule has 0 fully saturated rings. The highest BCUT2D eigenvalue weighted by molar-refractivity contribution is 7.89. The Hall–Kier alpha value is -0.430. The van der Waals surface area contributed by atoms with Crippen molar-refractivity contribution in [2.75, 3.05) is 18.8 Å². The third-order valence-corrected chi connectivity index (χ3v) is 6.47. The van der Waals surface area contributed by atoms with E-state index < -0.39 is 10.0 Å². The van der Waals surface area contributed by atoms with Crippen LogP contribution in [0.2, 0.25) is 0 Å². The maximum absolute atomic E-state index is 12.3. The van der Waals surface area contributed by atoms with Gasteiger partial charge in [-0.3, -0.25) is 0 Å². The van der Waals surface area contributed by atoms with Gasteiger partial charge in [-0.2, -0.15) is 4.31 Å². The average molecular weight is 316 g/mol. The highest BCUT2D eigenvalue weighted by Crippen LogP contribution is 2.25. The summed E-state index contributed by atoms with van der Waals surface area (Å²) in [6, 6.07) is 2.51. The van der Waals surface area contributed by atoms with Crippen molar-refractivity contribution in [1.29, 1.82) is 0 Å². The first-order chi connectivity index (χ1) is 9.49. The zero-order valence-electron chi connectivity index (χ0n) is 12.3. The van der Waals surface area contributed by atoms with Crippen LogP contribution < -0.4 is 5.32 Å². The zero-order valence-corrected chi connectivity index (χ0v) is 13.9. The van der Waals surface area contributed by atoms with E-state index in [1.807, 2.05) is 6.07 Å². The molecule has 1 aromatic heterocycles. The Bertz CT molecular complexity index is 523. The maximum atomic E-state index is 12.3. The number of nitrogens with one attached hydrogen (secondary N) is 1. The summed E-state index contributed by atoms with van der Waals surface area (Å²) in [4.78, 5) is 1.34. The Kier molecular flexibility index (Phi) is 5.60. The van der Waals surface area contributed by atoms with E-state index in [0.717, 1.165) is 25.8 Å². The Morgan fingerprint density at radius 3 is 2.95 bits per heavy atom. The van der Waals surface area contributed by atoms with Crippen molar-refractivity contribution < 1.29 is 8.42 Å². The Morgan fingerprint density at radius 1 is 1.40 bits per heavy atom. The molecule has 1 aromatic rings. The molecule has 0 aliphatic carbocycles. The number of hydrogen-bond donors (Lipinski definition) is 1. The van der Waals surface area contributed by atoms with Gasteiger partial charge in [-0.1, -0.05) is 13.8 Å². The van der Waals surface area contributed by atoms with Crippen LogP contribution in [-0.4, -0.2) is 37.6 Å². The molecule has 0 unspecified atom stereocenters. The molecule has 4 nitrogen and oxygen atoms in total. The van der Waals surface area contributed by atoms with E-state index in [0.29, 0.717) is 19.1 Å². The SMILES string of the molecule is CC(C)NCCCCS(=O)(=O)N1CCc2sccc2C1. The van der Waals surface area contributed by atoms with Crippen molar-refractivity contribution in [2.45, 2.75) is 45.7 Å². The van der Waals surface area contributed by atoms with Crippen LogP contribution in [0.4, 0.5) is 0 Å². The number of hydrogen-bond acceptors (Lipinski definition) is 4. The number of fused-ring (bicyclic) bond motifs is 1. The molecule has 1 aliphatic heterocycles. The van der Waals surface area contributed by atoms with E-state index in [-0.39, 0.29) is 5.75 Å². The molecule has 2 rings (SSSR count). The molecule has 0 spiro atoms. The molecule has 0 atom stereocenters. The second-order valence-electron chi connectivity index (χ2n) is 5.58. The molecular formula is C14H24N2O2S2. The smallest absolute Gasteiger partial charge is 0.214 e. The van der Waals surface area contributed by atoms with Gasteiger partial charge in [0.25, 0.3) is 0 Å². The molecule has 6 heteroatoms. The summed E-state index contributed by atoms with van der Waals surface area (Å²) < 4.78 is 26.3. The maximum Gasteiger partial charge on any atom is 0.214 e. The fourth-order valence-electron chi connectivity index (χ4n) is 2.39. The lowest BCUT2D eigenvalue weighted by Crippen LogP contribution is -2.37. The summed E-state index contributed by atoms with van der Waals surface area (Å²) in [6.45, 7) is 6.29. The minimum Gasteiger partial charge on any atom is -0.315 e. The summed E-state index contributed by atoms with van der Waals surface area (Å²) in [5.74, 6) is 0.270. The summed E-state index contributed by atoms with van der Waals surface area (Å²) in [5.41, 5.74) is 1.19. The first-order valence-electron chi connectivity index (χ1n) is 7.25. The van der Waals surface area contributed by atoms with Crippen LogP contribution >= 0.6 is 11.3 Å². The third kappa shape index (κ3) is 4.28. The molecular weight excluding hydrogens is 292 g/mol. The molecule has 2 heterocycles. The Balaban J connectivity index is 1.79. The second kappa shape index (κ2) is 7.02. The van der Waals surface area contributed by atoms with Crippen molar-refractivity contribution >= 4 is 21.4 Å². The molecule has 20 heavy (non-hydrogen) atoms. The van der Waals surface area contributed by atoms with Gasteiger partial charge in [-0.25, -0.2) is 8.42 Å². The van der Waals surface area contributed by atoms with Gasteiger partial charge < -0.3 is 5.32 Å². The normalized spacial score (nSPS) is 16.6. The fraction of sp³-hybridized carbons (Fsp3) is 0.714. The van der Waals surface area contributed by atoms with Gasteiger partial charge in [0.1, 0.15) is 0 Å². The fourth-order valence-corrected chi connectivity index (χ4v) is 4.81. The first kappa shape index (κ1) is 15.9. The van der Waals surface area contributed by atoms with Crippen LogP contribution in [0.1, 0.15) is 37.1 Å². The van der Waals surface area contributed by atoms with E-state index in [1.165, 1.54) is 10.4 Å². The van der Waals surface area contributed by atoms with Gasteiger partial charge in [-0.05, 0) is 42.8 Å². The zero-order chi connectivity index (χ0) is 14.6. The number of rotatable bonds is 7. The van der Waals surface area contributed by atoms with Crippen molar-refractivity contribution in [3.63, 3.8) is 0 Å². The lowest BCUT2D eigenvalue weighted by Gasteiger charge is -2.26. The van der Waals surface area contributed by atoms with Crippen molar-refractivity contribution in [2.24, 2.45) is 0 Å². The number of sulfonamides is 1. The third-order valence-electron chi connectivity index (χ3n) is 3.55. The summed E-state index contributed by atoms with van der Waals surface area (Å²) in [5, 5.41) is 5.37. The molecule has 0 aromatic carbocycles. The van der Waals surface area contributed by atoms with Crippen molar-refractivity contribution in [3.05, 3.63) is 21.9 Å². The second-order valence-corrected chi connectivity index (χ2v) is 8.67. The Morgan fingerprint density at radius 2 is 2.20 bits per heavy atom. The van der Waals surface area contributed by atoms with Crippen LogP contribution in [0.25, 0.3) is 0 Å². The molecule has 0 radical (unpaired) electrons. The number of nitrogens with zero attached hydrogens (tertiary/aromatic N) is 1. The van der Waals surface area contributed by atoms with Gasteiger partial charge in [0.2, 0.25) is 10.0 Å². The van der Waals surface area contributed by atoms with Gasteiger partial charge in [0, 0.05) is 24.0 Å². The van der Waals surface area contributed by atoms with E-state index in [9.17, 15) is 8.42 Å². The van der Waals surface area contributed by atoms with Crippen LogP contribution in [0.3, 0.4) is 0 Å². The van der Waals surface area contributed by atoms with Crippen LogP contribution in [0, 0.1) is 0 Å². The van der Waals surface area contributed by atoms with Gasteiger partial charge >= 0.3 is 0 Å². The predicted octanol–water partition coefficient (Wildman–Crippen LogP) is 2.21. The van der Waals surface area contributed by atoms with Crippen LogP contribution in [0.15, 0.2) is 11.4 Å².